The number of rotatable bonds is 4. The van der Waals surface area contributed by atoms with Gasteiger partial charge < -0.3 is 10.1 Å². The Balaban J connectivity index is 1.43. The molecular weight excluding hydrogens is 378 g/mol. The summed E-state index contributed by atoms with van der Waals surface area (Å²) in [5, 5.41) is 2.24. The molecule has 1 amide bonds. The number of ether oxygens (including phenoxy) is 1. The molecule has 1 N–H and O–H groups in total. The van der Waals surface area contributed by atoms with Crippen LogP contribution in [0.5, 0.6) is 0 Å². The number of para-hydroxylation sites is 1. The number of carbonyl (C=O) groups excluding carboxylic acids is 2. The highest BCUT2D eigenvalue weighted by atomic mass is 32.2. The number of benzene rings is 1. The fraction of sp³-hybridized carbons (Fsp3) is 0.200. The third-order valence-electron chi connectivity index (χ3n) is 4.38. The number of anilines is 1. The maximum absolute atomic E-state index is 12.2. The molecular formula is C20H17N3O4S. The van der Waals surface area contributed by atoms with Gasteiger partial charge in [-0.3, -0.25) is 18.8 Å². The molecule has 1 aliphatic heterocycles. The van der Waals surface area contributed by atoms with Crippen molar-refractivity contribution in [3.8, 4) is 0 Å². The van der Waals surface area contributed by atoms with Crippen LogP contribution in [0.4, 0.5) is 5.69 Å². The quantitative estimate of drug-likeness (QED) is 0.683. The van der Waals surface area contributed by atoms with E-state index in [0.717, 1.165) is 16.1 Å². The molecule has 0 aliphatic carbocycles. The van der Waals surface area contributed by atoms with Gasteiger partial charge in [0.1, 0.15) is 12.3 Å². The minimum Gasteiger partial charge on any atom is -0.459 e. The van der Waals surface area contributed by atoms with Gasteiger partial charge in [-0.05, 0) is 30.7 Å². The topological polar surface area (TPSA) is 89.8 Å². The summed E-state index contributed by atoms with van der Waals surface area (Å²) in [6.45, 7) is 1.74. The number of thioether (sulfide) groups is 1. The van der Waals surface area contributed by atoms with E-state index in [-0.39, 0.29) is 24.5 Å². The number of fused-ring (bicyclic) bond motifs is 2. The van der Waals surface area contributed by atoms with Crippen molar-refractivity contribution < 1.29 is 14.3 Å². The summed E-state index contributed by atoms with van der Waals surface area (Å²) in [5.74, 6) is -0.739. The molecule has 0 saturated carbocycles. The zero-order valence-electron chi connectivity index (χ0n) is 15.0. The van der Waals surface area contributed by atoms with Gasteiger partial charge in [-0.1, -0.05) is 18.2 Å². The first-order chi connectivity index (χ1) is 13.5. The minimum absolute atomic E-state index is 0.0591. The van der Waals surface area contributed by atoms with Crippen LogP contribution in [-0.4, -0.2) is 26.5 Å². The van der Waals surface area contributed by atoms with Gasteiger partial charge in [0.05, 0.1) is 23.1 Å². The number of nitrogens with one attached hydrogen (secondary N) is 1. The first kappa shape index (κ1) is 18.2. The molecule has 8 heteroatoms. The molecule has 1 atom stereocenters. The van der Waals surface area contributed by atoms with Crippen molar-refractivity contribution in [3.63, 3.8) is 0 Å². The Kier molecular flexibility index (Phi) is 4.87. The highest BCUT2D eigenvalue weighted by Gasteiger charge is 2.29. The molecule has 0 fully saturated rings. The lowest BCUT2D eigenvalue weighted by Crippen LogP contribution is -2.31. The SMILES string of the molecule is Cc1cccn2c(=O)cc(COC(=O)C[C@@H]3Sc4ccccc4NC3=O)nc12. The first-order valence-electron chi connectivity index (χ1n) is 8.71. The number of esters is 1. The van der Waals surface area contributed by atoms with Crippen LogP contribution in [0.25, 0.3) is 5.65 Å². The summed E-state index contributed by atoms with van der Waals surface area (Å²) in [4.78, 5) is 41.9. The lowest BCUT2D eigenvalue weighted by Gasteiger charge is -2.23. The Morgan fingerprint density at radius 3 is 2.93 bits per heavy atom. The van der Waals surface area contributed by atoms with E-state index in [0.29, 0.717) is 11.3 Å². The van der Waals surface area contributed by atoms with Gasteiger partial charge in [-0.15, -0.1) is 11.8 Å². The summed E-state index contributed by atoms with van der Waals surface area (Å²) in [6.07, 6.45) is 1.58. The molecule has 3 heterocycles. The van der Waals surface area contributed by atoms with Crippen LogP contribution >= 0.6 is 11.8 Å². The van der Waals surface area contributed by atoms with Crippen LogP contribution in [0.15, 0.2) is 58.4 Å². The maximum Gasteiger partial charge on any atom is 0.307 e. The molecule has 28 heavy (non-hydrogen) atoms. The maximum atomic E-state index is 12.2. The molecule has 0 saturated heterocycles. The van der Waals surface area contributed by atoms with E-state index in [1.54, 1.807) is 12.3 Å². The van der Waals surface area contributed by atoms with Gasteiger partial charge in [0.2, 0.25) is 5.91 Å². The van der Waals surface area contributed by atoms with Crippen LogP contribution in [0, 0.1) is 6.92 Å². The van der Waals surface area contributed by atoms with Crippen molar-refractivity contribution in [1.29, 1.82) is 0 Å². The van der Waals surface area contributed by atoms with Crippen molar-refractivity contribution in [3.05, 3.63) is 70.3 Å². The van der Waals surface area contributed by atoms with Crippen LogP contribution in [0.1, 0.15) is 17.7 Å². The monoisotopic (exact) mass is 395 g/mol. The third kappa shape index (κ3) is 3.63. The van der Waals surface area contributed by atoms with Crippen molar-refractivity contribution in [2.24, 2.45) is 0 Å². The lowest BCUT2D eigenvalue weighted by atomic mass is 10.2. The Morgan fingerprint density at radius 1 is 1.25 bits per heavy atom. The van der Waals surface area contributed by atoms with E-state index >= 15 is 0 Å². The second-order valence-corrected chi connectivity index (χ2v) is 7.67. The fourth-order valence-corrected chi connectivity index (χ4v) is 4.07. The summed E-state index contributed by atoms with van der Waals surface area (Å²) in [6, 6.07) is 12.4. The number of hydrogen-bond acceptors (Lipinski definition) is 6. The van der Waals surface area contributed by atoms with E-state index in [2.05, 4.69) is 10.3 Å². The van der Waals surface area contributed by atoms with E-state index in [1.165, 1.54) is 22.2 Å². The normalized spacial score (nSPS) is 15.8. The molecule has 142 valence electrons. The predicted molar refractivity (Wildman–Crippen MR) is 105 cm³/mol. The van der Waals surface area contributed by atoms with Crippen molar-refractivity contribution in [1.82, 2.24) is 9.38 Å². The van der Waals surface area contributed by atoms with Gasteiger partial charge in [0, 0.05) is 17.2 Å². The summed E-state index contributed by atoms with van der Waals surface area (Å²) >= 11 is 1.34. The second-order valence-electron chi connectivity index (χ2n) is 6.43. The van der Waals surface area contributed by atoms with Crippen molar-refractivity contribution >= 4 is 35.0 Å². The molecule has 0 bridgehead atoms. The van der Waals surface area contributed by atoms with Crippen molar-refractivity contribution in [2.75, 3.05) is 5.32 Å². The standard InChI is InChI=1S/C20H17N3O4S/c1-12-5-4-8-23-17(24)9-13(21-19(12)23)11-27-18(25)10-16-20(26)22-14-6-2-3-7-15(14)28-16/h2-9,16H,10-11H2,1H3,(H,22,26)/t16-/m0/s1. The Hall–Kier alpha value is -3.13. The smallest absolute Gasteiger partial charge is 0.307 e. The largest absolute Gasteiger partial charge is 0.459 e. The number of hydrogen-bond donors (Lipinski definition) is 1. The second kappa shape index (κ2) is 7.47. The van der Waals surface area contributed by atoms with Gasteiger partial charge in [-0.2, -0.15) is 0 Å². The van der Waals surface area contributed by atoms with E-state index in [9.17, 15) is 14.4 Å². The summed E-state index contributed by atoms with van der Waals surface area (Å²) in [7, 11) is 0. The summed E-state index contributed by atoms with van der Waals surface area (Å²) in [5.41, 5.74) is 2.26. The van der Waals surface area contributed by atoms with E-state index in [4.69, 9.17) is 4.74 Å². The van der Waals surface area contributed by atoms with Crippen LogP contribution in [0.3, 0.4) is 0 Å². The number of amides is 1. The Labute approximate surface area is 164 Å². The number of pyridine rings is 1. The Morgan fingerprint density at radius 2 is 2.07 bits per heavy atom. The zero-order chi connectivity index (χ0) is 19.7. The zero-order valence-corrected chi connectivity index (χ0v) is 15.9. The molecule has 3 aromatic rings. The number of nitrogens with zero attached hydrogens (tertiary/aromatic N) is 2. The predicted octanol–water partition coefficient (Wildman–Crippen LogP) is 2.55. The number of aromatic nitrogens is 2. The molecule has 0 unspecified atom stereocenters. The lowest BCUT2D eigenvalue weighted by molar-refractivity contribution is -0.145. The van der Waals surface area contributed by atoms with Gasteiger partial charge in [0.15, 0.2) is 0 Å². The van der Waals surface area contributed by atoms with Crippen LogP contribution in [0.2, 0.25) is 0 Å². The van der Waals surface area contributed by atoms with Gasteiger partial charge in [0.25, 0.3) is 5.56 Å². The number of carbonyl (C=O) groups is 2. The highest BCUT2D eigenvalue weighted by molar-refractivity contribution is 8.01. The highest BCUT2D eigenvalue weighted by Crippen LogP contribution is 2.36. The first-order valence-corrected chi connectivity index (χ1v) is 9.59. The Bertz CT molecular complexity index is 1140. The van der Waals surface area contributed by atoms with Crippen LogP contribution in [-0.2, 0) is 20.9 Å². The average Bonchev–Trinajstić information content (AvgIpc) is 2.68. The summed E-state index contributed by atoms with van der Waals surface area (Å²) < 4.78 is 6.71. The minimum atomic E-state index is -0.556. The van der Waals surface area contributed by atoms with Crippen molar-refractivity contribution in [2.45, 2.75) is 30.1 Å². The molecule has 1 aliphatic rings. The van der Waals surface area contributed by atoms with Gasteiger partial charge in [-0.25, -0.2) is 4.98 Å². The van der Waals surface area contributed by atoms with E-state index < -0.39 is 11.2 Å². The number of aryl methyl sites for hydroxylation is 1. The van der Waals surface area contributed by atoms with E-state index in [1.807, 2.05) is 37.3 Å². The molecule has 2 aromatic heterocycles. The third-order valence-corrected chi connectivity index (χ3v) is 5.65. The molecule has 0 radical (unpaired) electrons. The molecule has 0 spiro atoms. The van der Waals surface area contributed by atoms with Gasteiger partial charge >= 0.3 is 5.97 Å². The fourth-order valence-electron chi connectivity index (χ4n) is 2.97. The van der Waals surface area contributed by atoms with Crippen LogP contribution < -0.4 is 10.9 Å². The molecule has 1 aromatic carbocycles. The molecule has 7 nitrogen and oxygen atoms in total. The average molecular weight is 395 g/mol. The molecule has 4 rings (SSSR count).